The van der Waals surface area contributed by atoms with Gasteiger partial charge in [0.15, 0.2) is 0 Å². The fourth-order valence-electron chi connectivity index (χ4n) is 2.97. The molecule has 0 saturated carbocycles. The Kier molecular flexibility index (Phi) is 5.57. The highest BCUT2D eigenvalue weighted by Gasteiger charge is 2.29. The number of aromatic carboxylic acids is 1. The monoisotopic (exact) mass is 392 g/mol. The van der Waals surface area contributed by atoms with E-state index < -0.39 is 16.0 Å². The van der Waals surface area contributed by atoms with Gasteiger partial charge in [-0.3, -0.25) is 9.48 Å². The number of aryl methyl sites for hydroxylation is 1. The van der Waals surface area contributed by atoms with Crippen LogP contribution in [0.2, 0.25) is 0 Å². The number of nitrogens with zero attached hydrogens (tertiary/aromatic N) is 4. The molecular formula is C17H20N4O5S. The lowest BCUT2D eigenvalue weighted by atomic mass is 10.3. The molecule has 2 aromatic rings. The Morgan fingerprint density at radius 1 is 1.04 bits per heavy atom. The van der Waals surface area contributed by atoms with Gasteiger partial charge in [-0.25, -0.2) is 13.2 Å². The first-order valence-electron chi connectivity index (χ1n) is 8.47. The topological polar surface area (TPSA) is 113 Å². The van der Waals surface area contributed by atoms with Crippen molar-refractivity contribution in [2.75, 3.05) is 26.2 Å². The summed E-state index contributed by atoms with van der Waals surface area (Å²) in [5.41, 5.74) is 0.0292. The number of carbonyl (C=O) groups is 2. The van der Waals surface area contributed by atoms with Gasteiger partial charge in [0.05, 0.1) is 11.4 Å². The van der Waals surface area contributed by atoms with Crippen LogP contribution in [0.4, 0.5) is 0 Å². The van der Waals surface area contributed by atoms with E-state index >= 15 is 0 Å². The number of hydrogen-bond donors (Lipinski definition) is 1. The zero-order valence-corrected chi connectivity index (χ0v) is 15.4. The van der Waals surface area contributed by atoms with Gasteiger partial charge in [-0.15, -0.1) is 0 Å². The summed E-state index contributed by atoms with van der Waals surface area (Å²) in [6, 6.07) is 9.58. The van der Waals surface area contributed by atoms with Crippen molar-refractivity contribution in [1.82, 2.24) is 19.0 Å². The second kappa shape index (κ2) is 7.89. The molecule has 9 nitrogen and oxygen atoms in total. The maximum atomic E-state index is 12.6. The second-order valence-corrected chi connectivity index (χ2v) is 8.03. The Labute approximate surface area is 156 Å². The van der Waals surface area contributed by atoms with Crippen LogP contribution in [0, 0.1) is 0 Å². The molecule has 144 valence electrons. The predicted octanol–water partition coefficient (Wildman–Crippen LogP) is 0.504. The van der Waals surface area contributed by atoms with Gasteiger partial charge < -0.3 is 10.0 Å². The van der Waals surface area contributed by atoms with Crippen molar-refractivity contribution >= 4 is 21.9 Å². The molecule has 0 aliphatic carbocycles. The highest BCUT2D eigenvalue weighted by Crippen LogP contribution is 2.17. The van der Waals surface area contributed by atoms with E-state index in [2.05, 4.69) is 5.10 Å². The lowest BCUT2D eigenvalue weighted by Crippen LogP contribution is -2.50. The van der Waals surface area contributed by atoms with Crippen LogP contribution >= 0.6 is 0 Å². The zero-order chi connectivity index (χ0) is 19.4. The molecule has 1 fully saturated rings. The van der Waals surface area contributed by atoms with Gasteiger partial charge in [0.2, 0.25) is 15.9 Å². The first-order valence-corrected chi connectivity index (χ1v) is 9.91. The predicted molar refractivity (Wildman–Crippen MR) is 95.6 cm³/mol. The Hall–Kier alpha value is -2.72. The van der Waals surface area contributed by atoms with Crippen molar-refractivity contribution in [3.05, 3.63) is 48.3 Å². The lowest BCUT2D eigenvalue weighted by molar-refractivity contribution is -0.132. The Morgan fingerprint density at radius 3 is 2.33 bits per heavy atom. The van der Waals surface area contributed by atoms with Gasteiger partial charge in [0.1, 0.15) is 5.69 Å². The fraction of sp³-hybridized carbons (Fsp3) is 0.353. The first-order chi connectivity index (χ1) is 12.9. The van der Waals surface area contributed by atoms with Gasteiger partial charge in [-0.05, 0) is 18.2 Å². The molecule has 0 atom stereocenters. The van der Waals surface area contributed by atoms with E-state index in [0.717, 1.165) is 0 Å². The maximum Gasteiger partial charge on any atom is 0.354 e. The van der Waals surface area contributed by atoms with Crippen molar-refractivity contribution in [2.24, 2.45) is 0 Å². The summed E-state index contributed by atoms with van der Waals surface area (Å²) >= 11 is 0. The van der Waals surface area contributed by atoms with Crippen LogP contribution in [0.25, 0.3) is 0 Å². The van der Waals surface area contributed by atoms with Gasteiger partial charge in [-0.2, -0.15) is 9.40 Å². The molecule has 10 heteroatoms. The second-order valence-electron chi connectivity index (χ2n) is 6.09. The molecule has 0 bridgehead atoms. The Morgan fingerprint density at radius 2 is 1.70 bits per heavy atom. The minimum Gasteiger partial charge on any atom is -0.477 e. The number of carbonyl (C=O) groups excluding carboxylic acids is 1. The average molecular weight is 392 g/mol. The van der Waals surface area contributed by atoms with E-state index in [1.165, 1.54) is 21.3 Å². The van der Waals surface area contributed by atoms with Crippen molar-refractivity contribution < 1.29 is 23.1 Å². The van der Waals surface area contributed by atoms with Crippen LogP contribution in [0.5, 0.6) is 0 Å². The number of rotatable bonds is 6. The summed E-state index contributed by atoms with van der Waals surface area (Å²) in [6.45, 7) is 1.22. The van der Waals surface area contributed by atoms with E-state index in [9.17, 15) is 18.0 Å². The normalized spacial score (nSPS) is 15.6. The van der Waals surface area contributed by atoms with Gasteiger partial charge in [0.25, 0.3) is 0 Å². The van der Waals surface area contributed by atoms with E-state index in [4.69, 9.17) is 5.11 Å². The van der Waals surface area contributed by atoms with Gasteiger partial charge in [-0.1, -0.05) is 18.2 Å². The number of hydrogen-bond acceptors (Lipinski definition) is 5. The van der Waals surface area contributed by atoms with Crippen LogP contribution < -0.4 is 0 Å². The van der Waals surface area contributed by atoms with Gasteiger partial charge in [0, 0.05) is 38.8 Å². The number of piperazine rings is 1. The summed E-state index contributed by atoms with van der Waals surface area (Å²) in [6.07, 6.45) is 1.48. The number of carboxylic acid groups (broad SMARTS) is 1. The van der Waals surface area contributed by atoms with Crippen molar-refractivity contribution in [1.29, 1.82) is 0 Å². The highest BCUT2D eigenvalue weighted by molar-refractivity contribution is 7.89. The summed E-state index contributed by atoms with van der Waals surface area (Å²) < 4.78 is 27.9. The van der Waals surface area contributed by atoms with E-state index in [-0.39, 0.29) is 42.6 Å². The molecule has 1 aromatic heterocycles. The van der Waals surface area contributed by atoms with Crippen LogP contribution in [0.1, 0.15) is 16.9 Å². The van der Waals surface area contributed by atoms with Crippen molar-refractivity contribution in [3.8, 4) is 0 Å². The number of aromatic nitrogens is 2. The van der Waals surface area contributed by atoms with Gasteiger partial charge >= 0.3 is 5.97 Å². The van der Waals surface area contributed by atoms with Crippen LogP contribution in [-0.4, -0.2) is 70.6 Å². The molecular weight excluding hydrogens is 372 g/mol. The quantitative estimate of drug-likeness (QED) is 0.766. The third-order valence-corrected chi connectivity index (χ3v) is 6.36. The standard InChI is InChI=1S/C17H20N4O5S/c22-16(7-9-21-15(17(23)24)6-8-18-21)19-10-12-20(13-11-19)27(25,26)14-4-2-1-3-5-14/h1-6,8H,7,9-13H2,(H,23,24). The Bertz CT molecular complexity index is 918. The number of benzene rings is 1. The smallest absolute Gasteiger partial charge is 0.354 e. The summed E-state index contributed by atoms with van der Waals surface area (Å²) in [7, 11) is -3.56. The molecule has 1 aliphatic heterocycles. The number of carboxylic acids is 1. The molecule has 0 spiro atoms. The molecule has 1 amide bonds. The summed E-state index contributed by atoms with van der Waals surface area (Å²) in [5, 5.41) is 13.0. The third-order valence-electron chi connectivity index (χ3n) is 4.45. The summed E-state index contributed by atoms with van der Waals surface area (Å²) in [4.78, 5) is 25.3. The average Bonchev–Trinajstić information content (AvgIpc) is 3.16. The highest BCUT2D eigenvalue weighted by atomic mass is 32.2. The zero-order valence-electron chi connectivity index (χ0n) is 14.6. The minimum atomic E-state index is -3.56. The SMILES string of the molecule is O=C(O)c1ccnn1CCC(=O)N1CCN(S(=O)(=O)c2ccccc2)CC1. The molecule has 1 aliphatic rings. The molecule has 1 aromatic carbocycles. The van der Waals surface area contributed by atoms with Crippen LogP contribution in [-0.2, 0) is 21.4 Å². The van der Waals surface area contributed by atoms with E-state index in [1.807, 2.05) is 0 Å². The van der Waals surface area contributed by atoms with Crippen LogP contribution in [0.15, 0.2) is 47.5 Å². The molecule has 1 saturated heterocycles. The van der Waals surface area contributed by atoms with Crippen molar-refractivity contribution in [3.63, 3.8) is 0 Å². The van der Waals surface area contributed by atoms with Crippen LogP contribution in [0.3, 0.4) is 0 Å². The van der Waals surface area contributed by atoms with E-state index in [0.29, 0.717) is 13.1 Å². The molecule has 2 heterocycles. The molecule has 0 unspecified atom stereocenters. The lowest BCUT2D eigenvalue weighted by Gasteiger charge is -2.34. The number of sulfonamides is 1. The summed E-state index contributed by atoms with van der Waals surface area (Å²) in [5.74, 6) is -1.25. The largest absolute Gasteiger partial charge is 0.477 e. The fourth-order valence-corrected chi connectivity index (χ4v) is 4.41. The number of amides is 1. The van der Waals surface area contributed by atoms with E-state index in [1.54, 1.807) is 35.2 Å². The maximum absolute atomic E-state index is 12.6. The Balaban J connectivity index is 1.55. The molecule has 27 heavy (non-hydrogen) atoms. The minimum absolute atomic E-state index is 0.0292. The molecule has 1 N–H and O–H groups in total. The molecule has 0 radical (unpaired) electrons. The van der Waals surface area contributed by atoms with Crippen molar-refractivity contribution in [2.45, 2.75) is 17.9 Å². The molecule has 3 rings (SSSR count). The first kappa shape index (κ1) is 19.1. The third kappa shape index (κ3) is 4.17.